The molecule has 0 aliphatic carbocycles. The van der Waals surface area contributed by atoms with Crippen LogP contribution < -0.4 is 21.3 Å². The van der Waals surface area contributed by atoms with E-state index in [1.807, 2.05) is 0 Å². The summed E-state index contributed by atoms with van der Waals surface area (Å²) in [6.07, 6.45) is 6.46. The van der Waals surface area contributed by atoms with Crippen LogP contribution >= 0.6 is 0 Å². The van der Waals surface area contributed by atoms with E-state index in [2.05, 4.69) is 21.3 Å². The van der Waals surface area contributed by atoms with Crippen molar-refractivity contribution in [1.29, 1.82) is 0 Å². The van der Waals surface area contributed by atoms with Crippen LogP contribution in [0.3, 0.4) is 0 Å². The molecule has 4 N–H and O–H groups in total. The summed E-state index contributed by atoms with van der Waals surface area (Å²) in [6, 6.07) is 13.8. The molecule has 2 aromatic rings. The number of ether oxygens (including phenoxy) is 2. The minimum Gasteiger partial charge on any atom is -0.385 e. The van der Waals surface area contributed by atoms with E-state index in [9.17, 15) is 19.2 Å². The van der Waals surface area contributed by atoms with Gasteiger partial charge in [-0.15, -0.1) is 0 Å². The van der Waals surface area contributed by atoms with Gasteiger partial charge >= 0.3 is 0 Å². The van der Waals surface area contributed by atoms with Gasteiger partial charge < -0.3 is 30.7 Å². The first-order chi connectivity index (χ1) is 19.9. The SMILES string of the molecule is COCCCNC(=O)c1cccc(NC(=O)CCCCCCCC(=O)Nc2cccc(C(=O)NCCCOC)c2)c1. The number of hydrogen-bond acceptors (Lipinski definition) is 6. The molecule has 0 saturated heterocycles. The van der Waals surface area contributed by atoms with E-state index in [1.54, 1.807) is 62.8 Å². The highest BCUT2D eigenvalue weighted by Gasteiger charge is 2.09. The second-order valence-corrected chi connectivity index (χ2v) is 9.73. The van der Waals surface area contributed by atoms with Crippen LogP contribution in [0.15, 0.2) is 48.5 Å². The molecule has 4 amide bonds. The van der Waals surface area contributed by atoms with Gasteiger partial charge in [0.15, 0.2) is 0 Å². The lowest BCUT2D eigenvalue weighted by Crippen LogP contribution is -2.25. The summed E-state index contributed by atoms with van der Waals surface area (Å²) in [7, 11) is 3.24. The van der Waals surface area contributed by atoms with E-state index in [-0.39, 0.29) is 23.6 Å². The minimum atomic E-state index is -0.184. The lowest BCUT2D eigenvalue weighted by Gasteiger charge is -2.09. The van der Waals surface area contributed by atoms with Crippen molar-refractivity contribution in [2.75, 3.05) is 51.2 Å². The van der Waals surface area contributed by atoms with Crippen LogP contribution in [0.25, 0.3) is 0 Å². The number of methoxy groups -OCH3 is 2. The molecular formula is C31H44N4O6. The van der Waals surface area contributed by atoms with Gasteiger partial charge in [-0.1, -0.05) is 31.4 Å². The topological polar surface area (TPSA) is 135 Å². The van der Waals surface area contributed by atoms with Crippen LogP contribution in [-0.4, -0.2) is 64.2 Å². The molecular weight excluding hydrogens is 524 g/mol. The van der Waals surface area contributed by atoms with E-state index < -0.39 is 0 Å². The highest BCUT2D eigenvalue weighted by Crippen LogP contribution is 2.14. The van der Waals surface area contributed by atoms with Crippen LogP contribution in [0.1, 0.15) is 78.5 Å². The Morgan fingerprint density at radius 1 is 0.585 bits per heavy atom. The fourth-order valence-corrected chi connectivity index (χ4v) is 4.07. The Balaban J connectivity index is 1.58. The lowest BCUT2D eigenvalue weighted by molar-refractivity contribution is -0.117. The molecule has 0 atom stereocenters. The summed E-state index contributed by atoms with van der Waals surface area (Å²) in [6.45, 7) is 2.22. The van der Waals surface area contributed by atoms with Crippen LogP contribution in [0.2, 0.25) is 0 Å². The predicted octanol–water partition coefficient (Wildman–Crippen LogP) is 4.53. The third kappa shape index (κ3) is 14.4. The Hall–Kier alpha value is -3.76. The summed E-state index contributed by atoms with van der Waals surface area (Å²) in [5.74, 6) is -0.548. The maximum atomic E-state index is 12.3. The highest BCUT2D eigenvalue weighted by atomic mass is 16.5. The molecule has 2 aromatic carbocycles. The summed E-state index contributed by atoms with van der Waals surface area (Å²) >= 11 is 0. The van der Waals surface area contributed by atoms with E-state index in [0.29, 0.717) is 61.6 Å². The van der Waals surface area contributed by atoms with Crippen molar-refractivity contribution in [3.8, 4) is 0 Å². The molecule has 0 aliphatic heterocycles. The molecule has 0 radical (unpaired) electrons. The first-order valence-corrected chi connectivity index (χ1v) is 14.3. The third-order valence-electron chi connectivity index (χ3n) is 6.25. The van der Waals surface area contributed by atoms with E-state index >= 15 is 0 Å². The van der Waals surface area contributed by atoms with Gasteiger partial charge in [-0.05, 0) is 62.1 Å². The molecule has 10 nitrogen and oxygen atoms in total. The predicted molar refractivity (Wildman–Crippen MR) is 160 cm³/mol. The van der Waals surface area contributed by atoms with Crippen molar-refractivity contribution >= 4 is 35.0 Å². The Morgan fingerprint density at radius 2 is 1.00 bits per heavy atom. The zero-order valence-electron chi connectivity index (χ0n) is 24.3. The van der Waals surface area contributed by atoms with Crippen molar-refractivity contribution in [3.63, 3.8) is 0 Å². The summed E-state index contributed by atoms with van der Waals surface area (Å²) in [5.41, 5.74) is 2.19. The average molecular weight is 569 g/mol. The van der Waals surface area contributed by atoms with Crippen molar-refractivity contribution < 1.29 is 28.7 Å². The molecule has 0 aliphatic rings. The molecule has 0 unspecified atom stereocenters. The quantitative estimate of drug-likeness (QED) is 0.173. The van der Waals surface area contributed by atoms with Crippen molar-refractivity contribution in [1.82, 2.24) is 10.6 Å². The number of carbonyl (C=O) groups excluding carboxylic acids is 4. The second kappa shape index (κ2) is 20.2. The van der Waals surface area contributed by atoms with Gasteiger partial charge in [0.25, 0.3) is 11.8 Å². The zero-order chi connectivity index (χ0) is 29.7. The normalized spacial score (nSPS) is 10.6. The minimum absolute atomic E-state index is 0.0899. The molecule has 0 spiro atoms. The van der Waals surface area contributed by atoms with Gasteiger partial charge in [0, 0.05) is 75.9 Å². The average Bonchev–Trinajstić information content (AvgIpc) is 2.97. The molecule has 0 saturated carbocycles. The van der Waals surface area contributed by atoms with E-state index in [0.717, 1.165) is 44.9 Å². The number of hydrogen-bond donors (Lipinski definition) is 4. The number of anilines is 2. The van der Waals surface area contributed by atoms with Gasteiger partial charge in [0.2, 0.25) is 11.8 Å². The molecule has 10 heteroatoms. The number of nitrogens with one attached hydrogen (secondary N) is 4. The Morgan fingerprint density at radius 3 is 1.41 bits per heavy atom. The monoisotopic (exact) mass is 568 g/mol. The van der Waals surface area contributed by atoms with E-state index in [4.69, 9.17) is 9.47 Å². The molecule has 2 rings (SSSR count). The van der Waals surface area contributed by atoms with Gasteiger partial charge in [0.05, 0.1) is 0 Å². The number of rotatable bonds is 20. The summed E-state index contributed by atoms with van der Waals surface area (Å²) in [4.78, 5) is 49.2. The Kier molecular flexibility index (Phi) is 16.5. The molecule has 0 fully saturated rings. The van der Waals surface area contributed by atoms with E-state index in [1.165, 1.54) is 0 Å². The number of benzene rings is 2. The second-order valence-electron chi connectivity index (χ2n) is 9.73. The maximum Gasteiger partial charge on any atom is 0.251 e. The highest BCUT2D eigenvalue weighted by molar-refractivity contribution is 5.98. The lowest BCUT2D eigenvalue weighted by atomic mass is 10.1. The fraction of sp³-hybridized carbons (Fsp3) is 0.484. The smallest absolute Gasteiger partial charge is 0.251 e. The molecule has 0 heterocycles. The van der Waals surface area contributed by atoms with Crippen molar-refractivity contribution in [2.24, 2.45) is 0 Å². The fourth-order valence-electron chi connectivity index (χ4n) is 4.07. The van der Waals surface area contributed by atoms with Crippen molar-refractivity contribution in [2.45, 2.75) is 57.8 Å². The summed E-state index contributed by atoms with van der Waals surface area (Å²) < 4.78 is 9.95. The van der Waals surface area contributed by atoms with Crippen LogP contribution in [0.4, 0.5) is 11.4 Å². The van der Waals surface area contributed by atoms with Gasteiger partial charge in [-0.25, -0.2) is 0 Å². The number of carbonyl (C=O) groups is 4. The Bertz CT molecular complexity index is 1020. The van der Waals surface area contributed by atoms with Crippen LogP contribution in [-0.2, 0) is 19.1 Å². The molecule has 41 heavy (non-hydrogen) atoms. The molecule has 0 aromatic heterocycles. The van der Waals surface area contributed by atoms with Crippen molar-refractivity contribution in [3.05, 3.63) is 59.7 Å². The first kappa shape index (κ1) is 33.4. The largest absolute Gasteiger partial charge is 0.385 e. The van der Waals surface area contributed by atoms with Crippen LogP contribution in [0, 0.1) is 0 Å². The van der Waals surface area contributed by atoms with Gasteiger partial charge in [0.1, 0.15) is 0 Å². The first-order valence-electron chi connectivity index (χ1n) is 14.3. The van der Waals surface area contributed by atoms with Crippen LogP contribution in [0.5, 0.6) is 0 Å². The summed E-state index contributed by atoms with van der Waals surface area (Å²) in [5, 5.41) is 11.4. The molecule has 224 valence electrons. The van der Waals surface area contributed by atoms with Gasteiger partial charge in [-0.3, -0.25) is 19.2 Å². The third-order valence-corrected chi connectivity index (χ3v) is 6.25. The van der Waals surface area contributed by atoms with Gasteiger partial charge in [-0.2, -0.15) is 0 Å². The zero-order valence-corrected chi connectivity index (χ0v) is 24.3. The standard InChI is InChI=1S/C31H44N4O6/c1-40-20-10-18-32-30(38)24-12-8-14-26(22-24)34-28(36)16-6-4-3-5-7-17-29(37)35-27-15-9-13-25(23-27)31(39)33-19-11-21-41-2/h8-9,12-15,22-23H,3-7,10-11,16-21H2,1-2H3,(H,32,38)(H,33,39)(H,34,36)(H,35,37). The molecule has 0 bridgehead atoms. The Labute approximate surface area is 242 Å². The number of unbranched alkanes of at least 4 members (excludes halogenated alkanes) is 4. The maximum absolute atomic E-state index is 12.3. The number of amides is 4.